The van der Waals surface area contributed by atoms with Crippen LogP contribution in [-0.2, 0) is 6.42 Å². The zero-order valence-corrected chi connectivity index (χ0v) is 15.7. The second-order valence-corrected chi connectivity index (χ2v) is 7.21. The second kappa shape index (κ2) is 7.10. The molecule has 0 bridgehead atoms. The van der Waals surface area contributed by atoms with Crippen LogP contribution in [0.1, 0.15) is 21.5 Å². The molecule has 5 heteroatoms. The van der Waals surface area contributed by atoms with Gasteiger partial charge in [0.05, 0.1) is 11.1 Å². The fourth-order valence-electron chi connectivity index (χ4n) is 3.25. The topological polar surface area (TPSA) is 42.2 Å². The Bertz CT molecular complexity index is 1150. The molecule has 0 atom stereocenters. The van der Waals surface area contributed by atoms with E-state index in [-0.39, 0.29) is 5.56 Å². The van der Waals surface area contributed by atoms with Crippen molar-refractivity contribution < 1.29 is 9.90 Å². The summed E-state index contributed by atoms with van der Waals surface area (Å²) in [6.07, 6.45) is 2.55. The largest absolute Gasteiger partial charge is 0.478 e. The quantitative estimate of drug-likeness (QED) is 0.445. The monoisotopic (exact) mass is 395 g/mol. The Kier molecular flexibility index (Phi) is 4.65. The molecular formula is C22H15Cl2NO2. The molecule has 3 aromatic carbocycles. The van der Waals surface area contributed by atoms with E-state index >= 15 is 0 Å². The van der Waals surface area contributed by atoms with Crippen LogP contribution in [0.4, 0.5) is 0 Å². The molecule has 27 heavy (non-hydrogen) atoms. The number of carbonyl (C=O) groups is 1. The Morgan fingerprint density at radius 2 is 1.63 bits per heavy atom. The highest BCUT2D eigenvalue weighted by Gasteiger charge is 2.12. The van der Waals surface area contributed by atoms with Gasteiger partial charge < -0.3 is 9.67 Å². The molecule has 0 saturated heterocycles. The lowest BCUT2D eigenvalue weighted by Gasteiger charge is -2.09. The Morgan fingerprint density at radius 1 is 0.889 bits per heavy atom. The zero-order valence-electron chi connectivity index (χ0n) is 14.2. The summed E-state index contributed by atoms with van der Waals surface area (Å²) in [6.45, 7) is 0. The van der Waals surface area contributed by atoms with Crippen molar-refractivity contribution in [2.45, 2.75) is 6.42 Å². The number of hydrogen-bond acceptors (Lipinski definition) is 1. The third-order valence-electron chi connectivity index (χ3n) is 4.56. The predicted octanol–water partition coefficient (Wildman–Crippen LogP) is 6.23. The van der Waals surface area contributed by atoms with Crippen LogP contribution in [0, 0.1) is 0 Å². The summed E-state index contributed by atoms with van der Waals surface area (Å²) in [7, 11) is 0. The van der Waals surface area contributed by atoms with Crippen LogP contribution in [0.5, 0.6) is 0 Å². The van der Waals surface area contributed by atoms with E-state index in [0.29, 0.717) is 16.5 Å². The molecular weight excluding hydrogens is 381 g/mol. The number of aromatic nitrogens is 1. The van der Waals surface area contributed by atoms with Crippen LogP contribution in [0.3, 0.4) is 0 Å². The Morgan fingerprint density at radius 3 is 2.37 bits per heavy atom. The lowest BCUT2D eigenvalue weighted by molar-refractivity contribution is 0.0696. The molecule has 0 spiro atoms. The van der Waals surface area contributed by atoms with Gasteiger partial charge in [-0.15, -0.1) is 0 Å². The van der Waals surface area contributed by atoms with Gasteiger partial charge in [-0.25, -0.2) is 4.79 Å². The van der Waals surface area contributed by atoms with Crippen LogP contribution in [0.15, 0.2) is 72.9 Å². The SMILES string of the molecule is O=C(O)c1cc(Cl)ccc1Cc1ccc2c(ccn2-c2ccc(Cl)cc2)c1. The number of aromatic carboxylic acids is 1. The summed E-state index contributed by atoms with van der Waals surface area (Å²) < 4.78 is 2.10. The zero-order chi connectivity index (χ0) is 19.0. The molecule has 0 aliphatic heterocycles. The van der Waals surface area contributed by atoms with Crippen molar-refractivity contribution in [1.82, 2.24) is 4.57 Å². The highest BCUT2D eigenvalue weighted by Crippen LogP contribution is 2.25. The molecule has 4 rings (SSSR count). The number of halogens is 2. The molecule has 0 fully saturated rings. The van der Waals surface area contributed by atoms with Gasteiger partial charge in [0, 0.05) is 27.3 Å². The van der Waals surface area contributed by atoms with Gasteiger partial charge in [-0.3, -0.25) is 0 Å². The highest BCUT2D eigenvalue weighted by molar-refractivity contribution is 6.31. The lowest BCUT2D eigenvalue weighted by atomic mass is 9.99. The third-order valence-corrected chi connectivity index (χ3v) is 5.04. The minimum Gasteiger partial charge on any atom is -0.478 e. The Balaban J connectivity index is 1.69. The van der Waals surface area contributed by atoms with Crippen molar-refractivity contribution in [1.29, 1.82) is 0 Å². The van der Waals surface area contributed by atoms with E-state index in [1.165, 1.54) is 6.07 Å². The number of fused-ring (bicyclic) bond motifs is 1. The van der Waals surface area contributed by atoms with Crippen molar-refractivity contribution in [2.75, 3.05) is 0 Å². The van der Waals surface area contributed by atoms with Gasteiger partial charge in [-0.2, -0.15) is 0 Å². The van der Waals surface area contributed by atoms with Gasteiger partial charge in [-0.05, 0) is 72.1 Å². The smallest absolute Gasteiger partial charge is 0.336 e. The molecule has 0 radical (unpaired) electrons. The van der Waals surface area contributed by atoms with Crippen LogP contribution in [-0.4, -0.2) is 15.6 Å². The molecule has 0 unspecified atom stereocenters. The van der Waals surface area contributed by atoms with E-state index < -0.39 is 5.97 Å². The van der Waals surface area contributed by atoms with Crippen LogP contribution in [0.2, 0.25) is 10.0 Å². The number of carboxylic acids is 1. The molecule has 0 aliphatic carbocycles. The van der Waals surface area contributed by atoms with Crippen molar-refractivity contribution >= 4 is 40.1 Å². The summed E-state index contributed by atoms with van der Waals surface area (Å²) in [5.74, 6) is -0.970. The first-order chi connectivity index (χ1) is 13.0. The van der Waals surface area contributed by atoms with Gasteiger partial charge in [0.1, 0.15) is 0 Å². The van der Waals surface area contributed by atoms with Crippen molar-refractivity contribution in [2.24, 2.45) is 0 Å². The molecule has 0 aliphatic rings. The van der Waals surface area contributed by atoms with Crippen molar-refractivity contribution in [3.05, 3.63) is 99.7 Å². The maximum Gasteiger partial charge on any atom is 0.336 e. The number of benzene rings is 3. The van der Waals surface area contributed by atoms with Crippen LogP contribution < -0.4 is 0 Å². The lowest BCUT2D eigenvalue weighted by Crippen LogP contribution is -2.03. The maximum atomic E-state index is 11.5. The third kappa shape index (κ3) is 3.57. The predicted molar refractivity (Wildman–Crippen MR) is 110 cm³/mol. The maximum absolute atomic E-state index is 11.5. The second-order valence-electron chi connectivity index (χ2n) is 6.34. The molecule has 0 amide bonds. The minimum atomic E-state index is -0.970. The van der Waals surface area contributed by atoms with Crippen LogP contribution >= 0.6 is 23.2 Å². The van der Waals surface area contributed by atoms with E-state index in [0.717, 1.165) is 27.7 Å². The summed E-state index contributed by atoms with van der Waals surface area (Å²) in [5, 5.41) is 11.6. The number of hydrogen-bond donors (Lipinski definition) is 1. The fourth-order valence-corrected chi connectivity index (χ4v) is 3.55. The fraction of sp³-hybridized carbons (Fsp3) is 0.0455. The van der Waals surface area contributed by atoms with Gasteiger partial charge in [-0.1, -0.05) is 35.3 Å². The molecule has 1 N–H and O–H groups in total. The summed E-state index contributed by atoms with van der Waals surface area (Å²) in [4.78, 5) is 11.5. The normalized spacial score (nSPS) is 11.0. The van der Waals surface area contributed by atoms with Crippen molar-refractivity contribution in [3.8, 4) is 5.69 Å². The summed E-state index contributed by atoms with van der Waals surface area (Å²) in [5.41, 5.74) is 4.13. The van der Waals surface area contributed by atoms with Gasteiger partial charge in [0.15, 0.2) is 0 Å². The van der Waals surface area contributed by atoms with Gasteiger partial charge in [0.25, 0.3) is 0 Å². The highest BCUT2D eigenvalue weighted by atomic mass is 35.5. The van der Waals surface area contributed by atoms with Crippen molar-refractivity contribution in [3.63, 3.8) is 0 Å². The Labute approximate surface area is 166 Å². The average Bonchev–Trinajstić information content (AvgIpc) is 3.07. The van der Waals surface area contributed by atoms with E-state index in [2.05, 4.69) is 16.7 Å². The summed E-state index contributed by atoms with van der Waals surface area (Å²) >= 11 is 11.9. The van der Waals surface area contributed by atoms with Gasteiger partial charge in [0.2, 0.25) is 0 Å². The standard InChI is InChI=1S/C22H15Cl2NO2/c23-17-4-6-19(7-5-17)25-10-9-16-12-14(1-8-21(16)25)11-15-2-3-18(24)13-20(15)22(26)27/h1-10,12-13H,11H2,(H,26,27). The first-order valence-electron chi connectivity index (χ1n) is 8.39. The average molecular weight is 396 g/mol. The van der Waals surface area contributed by atoms with E-state index in [9.17, 15) is 9.90 Å². The first-order valence-corrected chi connectivity index (χ1v) is 9.14. The minimum absolute atomic E-state index is 0.237. The van der Waals surface area contributed by atoms with E-state index in [1.807, 2.05) is 42.6 Å². The first kappa shape index (κ1) is 17.7. The molecule has 1 aromatic heterocycles. The van der Waals surface area contributed by atoms with E-state index in [1.54, 1.807) is 12.1 Å². The molecule has 134 valence electrons. The van der Waals surface area contributed by atoms with Gasteiger partial charge >= 0.3 is 5.97 Å². The molecule has 1 heterocycles. The number of rotatable bonds is 4. The Hall–Kier alpha value is -2.75. The molecule has 0 saturated carbocycles. The molecule has 3 nitrogen and oxygen atoms in total. The number of nitrogens with zero attached hydrogens (tertiary/aromatic N) is 1. The summed E-state index contributed by atoms with van der Waals surface area (Å²) in [6, 6.07) is 20.9. The molecule has 4 aromatic rings. The number of carboxylic acid groups (broad SMARTS) is 1. The van der Waals surface area contributed by atoms with E-state index in [4.69, 9.17) is 23.2 Å². The van der Waals surface area contributed by atoms with Crippen LogP contribution in [0.25, 0.3) is 16.6 Å².